The van der Waals surface area contributed by atoms with Gasteiger partial charge < -0.3 is 15.3 Å². The molecule has 1 fully saturated rings. The highest BCUT2D eigenvalue weighted by Crippen LogP contribution is 2.20. The highest BCUT2D eigenvalue weighted by Gasteiger charge is 2.36. The second kappa shape index (κ2) is 6.54. The number of carboxylic acids is 1. The van der Waals surface area contributed by atoms with Gasteiger partial charge in [-0.25, -0.2) is 4.79 Å². The monoisotopic (exact) mass is 270 g/mol. The first kappa shape index (κ1) is 15.5. The number of hydrogen-bond donors (Lipinski definition) is 2. The topological polar surface area (TPSA) is 86.7 Å². The van der Waals surface area contributed by atoms with E-state index in [1.165, 1.54) is 0 Å². The van der Waals surface area contributed by atoms with Crippen LogP contribution in [0, 0.1) is 5.92 Å². The number of nitrogens with one attached hydrogen (secondary N) is 1. The summed E-state index contributed by atoms with van der Waals surface area (Å²) in [5.74, 6) is -1.84. The average Bonchev–Trinajstić information content (AvgIpc) is 2.70. The van der Waals surface area contributed by atoms with E-state index in [1.54, 1.807) is 4.90 Å². The van der Waals surface area contributed by atoms with E-state index in [1.807, 2.05) is 20.8 Å². The summed E-state index contributed by atoms with van der Waals surface area (Å²) in [6, 6.07) is -0.795. The van der Waals surface area contributed by atoms with Gasteiger partial charge in [0.15, 0.2) is 0 Å². The molecule has 0 bridgehead atoms. The second-order valence-corrected chi connectivity index (χ2v) is 5.23. The summed E-state index contributed by atoms with van der Waals surface area (Å²) in [5, 5.41) is 11.5. The van der Waals surface area contributed by atoms with Crippen molar-refractivity contribution in [2.75, 3.05) is 6.54 Å². The molecule has 0 aromatic heterocycles. The Morgan fingerprint density at radius 1 is 1.47 bits per heavy atom. The van der Waals surface area contributed by atoms with Crippen molar-refractivity contribution < 1.29 is 19.5 Å². The molecule has 19 heavy (non-hydrogen) atoms. The Morgan fingerprint density at radius 3 is 2.53 bits per heavy atom. The van der Waals surface area contributed by atoms with Crippen LogP contribution in [0.3, 0.4) is 0 Å². The summed E-state index contributed by atoms with van der Waals surface area (Å²) < 4.78 is 0. The molecule has 6 heteroatoms. The van der Waals surface area contributed by atoms with Gasteiger partial charge in [-0.2, -0.15) is 0 Å². The zero-order valence-electron chi connectivity index (χ0n) is 11.7. The van der Waals surface area contributed by atoms with Gasteiger partial charge in [-0.1, -0.05) is 13.3 Å². The lowest BCUT2D eigenvalue weighted by atomic mass is 10.1. The number of rotatable bonds is 6. The Bertz CT molecular complexity index is 368. The molecular weight excluding hydrogens is 248 g/mol. The number of aliphatic carboxylic acids is 1. The van der Waals surface area contributed by atoms with Crippen LogP contribution in [0.25, 0.3) is 0 Å². The molecule has 6 nitrogen and oxygen atoms in total. The van der Waals surface area contributed by atoms with E-state index in [4.69, 9.17) is 5.11 Å². The number of carboxylic acid groups (broad SMARTS) is 1. The molecule has 1 unspecified atom stereocenters. The highest BCUT2D eigenvalue weighted by atomic mass is 16.4. The number of likely N-dealkylation sites (tertiary alicyclic amines) is 1. The Hall–Kier alpha value is -1.59. The molecule has 1 aliphatic heterocycles. The first-order valence-corrected chi connectivity index (χ1v) is 6.69. The van der Waals surface area contributed by atoms with Gasteiger partial charge in [-0.3, -0.25) is 9.59 Å². The third-order valence-electron chi connectivity index (χ3n) is 3.34. The Balaban J connectivity index is 2.59. The van der Waals surface area contributed by atoms with Crippen LogP contribution in [0.2, 0.25) is 0 Å². The molecule has 0 spiro atoms. The lowest BCUT2D eigenvalue weighted by Crippen LogP contribution is -2.44. The fraction of sp³-hybridized carbons (Fsp3) is 0.769. The van der Waals surface area contributed by atoms with Crippen LogP contribution < -0.4 is 5.32 Å². The molecular formula is C13H22N2O4. The molecule has 1 heterocycles. The standard InChI is InChI=1S/C13H22N2O4/c1-4-5-10(13(18)19)14-12(17)9-6-11(16)15(7-9)8(2)3/h8-10H,4-7H2,1-3H3,(H,14,17)(H,18,19)/t9?,10-/m1/s1. The normalized spacial score (nSPS) is 20.7. The third-order valence-corrected chi connectivity index (χ3v) is 3.34. The summed E-state index contributed by atoms with van der Waals surface area (Å²) in [5.41, 5.74) is 0. The quantitative estimate of drug-likeness (QED) is 0.740. The van der Waals surface area contributed by atoms with E-state index < -0.39 is 17.9 Å². The van der Waals surface area contributed by atoms with Gasteiger partial charge in [-0.05, 0) is 20.3 Å². The minimum Gasteiger partial charge on any atom is -0.480 e. The lowest BCUT2D eigenvalue weighted by molar-refractivity contribution is -0.142. The van der Waals surface area contributed by atoms with Gasteiger partial charge in [0.1, 0.15) is 6.04 Å². The van der Waals surface area contributed by atoms with E-state index >= 15 is 0 Å². The van der Waals surface area contributed by atoms with Crippen LogP contribution in [-0.2, 0) is 14.4 Å². The molecule has 108 valence electrons. The second-order valence-electron chi connectivity index (χ2n) is 5.23. The van der Waals surface area contributed by atoms with Crippen LogP contribution in [0.15, 0.2) is 0 Å². The summed E-state index contributed by atoms with van der Waals surface area (Å²) in [6.45, 7) is 6.03. The molecule has 2 N–H and O–H groups in total. The smallest absolute Gasteiger partial charge is 0.326 e. The minimum absolute atomic E-state index is 0.0440. The van der Waals surface area contributed by atoms with Crippen LogP contribution in [0.4, 0.5) is 0 Å². The number of carbonyl (C=O) groups excluding carboxylic acids is 2. The number of carbonyl (C=O) groups is 3. The summed E-state index contributed by atoms with van der Waals surface area (Å²) in [6.07, 6.45) is 1.25. The maximum absolute atomic E-state index is 12.0. The van der Waals surface area contributed by atoms with E-state index in [0.717, 1.165) is 0 Å². The Labute approximate surface area is 113 Å². The number of amides is 2. The SMILES string of the molecule is CCC[C@@H](NC(=O)C1CC(=O)N(C(C)C)C1)C(=O)O. The molecule has 2 atom stereocenters. The predicted octanol–water partition coefficient (Wildman–Crippen LogP) is 0.613. The van der Waals surface area contributed by atoms with Crippen LogP contribution in [0.5, 0.6) is 0 Å². The largest absolute Gasteiger partial charge is 0.480 e. The van der Waals surface area contributed by atoms with Gasteiger partial charge in [0.25, 0.3) is 0 Å². The van der Waals surface area contributed by atoms with Gasteiger partial charge in [0.2, 0.25) is 11.8 Å². The van der Waals surface area contributed by atoms with Crippen molar-refractivity contribution in [2.45, 2.75) is 52.1 Å². The van der Waals surface area contributed by atoms with Gasteiger partial charge in [-0.15, -0.1) is 0 Å². The molecule has 0 aliphatic carbocycles. The highest BCUT2D eigenvalue weighted by molar-refractivity contribution is 5.91. The fourth-order valence-electron chi connectivity index (χ4n) is 2.24. The zero-order valence-corrected chi connectivity index (χ0v) is 11.7. The molecule has 2 amide bonds. The van der Waals surface area contributed by atoms with Crippen molar-refractivity contribution in [3.63, 3.8) is 0 Å². The van der Waals surface area contributed by atoms with Crippen molar-refractivity contribution in [1.82, 2.24) is 10.2 Å². The molecule has 0 radical (unpaired) electrons. The predicted molar refractivity (Wildman–Crippen MR) is 69.4 cm³/mol. The lowest BCUT2D eigenvalue weighted by Gasteiger charge is -2.21. The zero-order chi connectivity index (χ0) is 14.6. The van der Waals surface area contributed by atoms with E-state index in [2.05, 4.69) is 5.32 Å². The molecule has 0 saturated carbocycles. The number of hydrogen-bond acceptors (Lipinski definition) is 3. The molecule has 1 saturated heterocycles. The van der Waals surface area contributed by atoms with Crippen molar-refractivity contribution in [2.24, 2.45) is 5.92 Å². The van der Waals surface area contributed by atoms with Crippen LogP contribution in [-0.4, -0.2) is 46.4 Å². The first-order chi connectivity index (χ1) is 8.86. The summed E-state index contributed by atoms with van der Waals surface area (Å²) in [4.78, 5) is 36.3. The summed E-state index contributed by atoms with van der Waals surface area (Å²) in [7, 11) is 0. The van der Waals surface area contributed by atoms with Crippen molar-refractivity contribution in [1.29, 1.82) is 0 Å². The first-order valence-electron chi connectivity index (χ1n) is 6.69. The van der Waals surface area contributed by atoms with Crippen molar-refractivity contribution >= 4 is 17.8 Å². The minimum atomic E-state index is -1.03. The van der Waals surface area contributed by atoms with Crippen molar-refractivity contribution in [3.8, 4) is 0 Å². The third kappa shape index (κ3) is 3.94. The Kier molecular flexibility index (Phi) is 5.32. The number of nitrogens with zero attached hydrogens (tertiary/aromatic N) is 1. The van der Waals surface area contributed by atoms with Crippen molar-refractivity contribution in [3.05, 3.63) is 0 Å². The molecule has 0 aromatic carbocycles. The van der Waals surface area contributed by atoms with E-state index in [-0.39, 0.29) is 24.3 Å². The van der Waals surface area contributed by atoms with Crippen LogP contribution >= 0.6 is 0 Å². The molecule has 0 aromatic rings. The maximum atomic E-state index is 12.0. The molecule has 1 rings (SSSR count). The fourth-order valence-corrected chi connectivity index (χ4v) is 2.24. The van der Waals surface area contributed by atoms with E-state index in [0.29, 0.717) is 19.4 Å². The van der Waals surface area contributed by atoms with Gasteiger partial charge >= 0.3 is 5.97 Å². The van der Waals surface area contributed by atoms with E-state index in [9.17, 15) is 14.4 Å². The maximum Gasteiger partial charge on any atom is 0.326 e. The average molecular weight is 270 g/mol. The van der Waals surface area contributed by atoms with Gasteiger partial charge in [0.05, 0.1) is 5.92 Å². The Morgan fingerprint density at radius 2 is 2.11 bits per heavy atom. The molecule has 1 aliphatic rings. The van der Waals surface area contributed by atoms with Crippen LogP contribution in [0.1, 0.15) is 40.0 Å². The van der Waals surface area contributed by atoms with Gasteiger partial charge in [0, 0.05) is 19.0 Å². The summed E-state index contributed by atoms with van der Waals surface area (Å²) >= 11 is 0.